The molecule has 2 aromatic rings. The van der Waals surface area contributed by atoms with Gasteiger partial charge in [0.25, 0.3) is 0 Å². The van der Waals surface area contributed by atoms with Crippen molar-refractivity contribution in [3.8, 4) is 5.75 Å². The summed E-state index contributed by atoms with van der Waals surface area (Å²) in [5, 5.41) is 3.49. The van der Waals surface area contributed by atoms with Gasteiger partial charge in [-0.15, -0.1) is 0 Å². The number of rotatable bonds is 10. The van der Waals surface area contributed by atoms with E-state index in [0.717, 1.165) is 11.3 Å². The minimum Gasteiger partial charge on any atom is -0.494 e. The number of nitrogens with zero attached hydrogens (tertiary/aromatic N) is 1. The van der Waals surface area contributed by atoms with Crippen LogP contribution in [0.5, 0.6) is 5.75 Å². The summed E-state index contributed by atoms with van der Waals surface area (Å²) in [6.07, 6.45) is 0.864. The fraction of sp³-hybridized carbons (Fsp3) is 0.417. The molecule has 0 saturated heterocycles. The van der Waals surface area contributed by atoms with Gasteiger partial charge in [-0.3, -0.25) is 9.59 Å². The molecule has 0 radical (unpaired) electrons. The summed E-state index contributed by atoms with van der Waals surface area (Å²) in [4.78, 5) is 27.1. The summed E-state index contributed by atoms with van der Waals surface area (Å²) in [5.41, 5.74) is 2.05. The van der Waals surface area contributed by atoms with Gasteiger partial charge < -0.3 is 15.0 Å². The minimum absolute atomic E-state index is 0.00554. The zero-order chi connectivity index (χ0) is 22.1. The standard InChI is InChI=1S/C24H31ClN2O3/c1-17(2)26-24(29)19(4)27(16-20-7-5-8-21(25)15-20)23(28)9-6-14-30-22-12-10-18(3)11-13-22/h5,7-8,10-13,15,17,19H,6,9,14,16H2,1-4H3,(H,26,29)/t19-/m1/s1. The summed E-state index contributed by atoms with van der Waals surface area (Å²) in [6, 6.07) is 14.6. The molecular weight excluding hydrogens is 400 g/mol. The van der Waals surface area contributed by atoms with Crippen molar-refractivity contribution >= 4 is 23.4 Å². The lowest BCUT2D eigenvalue weighted by molar-refractivity contribution is -0.141. The monoisotopic (exact) mass is 430 g/mol. The molecule has 0 bridgehead atoms. The Bertz CT molecular complexity index is 837. The molecule has 0 fully saturated rings. The summed E-state index contributed by atoms with van der Waals surface area (Å²) >= 11 is 6.09. The number of benzene rings is 2. The van der Waals surface area contributed by atoms with Crippen molar-refractivity contribution in [1.29, 1.82) is 0 Å². The summed E-state index contributed by atoms with van der Waals surface area (Å²) in [7, 11) is 0. The van der Waals surface area contributed by atoms with E-state index in [1.54, 1.807) is 17.9 Å². The van der Waals surface area contributed by atoms with Gasteiger partial charge in [0, 0.05) is 24.0 Å². The van der Waals surface area contributed by atoms with E-state index < -0.39 is 6.04 Å². The molecule has 0 aliphatic rings. The van der Waals surface area contributed by atoms with Crippen LogP contribution in [-0.4, -0.2) is 35.4 Å². The average Bonchev–Trinajstić information content (AvgIpc) is 2.69. The van der Waals surface area contributed by atoms with E-state index >= 15 is 0 Å². The maximum Gasteiger partial charge on any atom is 0.242 e. The van der Waals surface area contributed by atoms with Crippen LogP contribution in [0.3, 0.4) is 0 Å². The molecule has 6 heteroatoms. The predicted molar refractivity (Wildman–Crippen MR) is 121 cm³/mol. The Hall–Kier alpha value is -2.53. The van der Waals surface area contributed by atoms with Gasteiger partial charge in [0.15, 0.2) is 0 Å². The topological polar surface area (TPSA) is 58.6 Å². The van der Waals surface area contributed by atoms with Crippen LogP contribution >= 0.6 is 11.6 Å². The second kappa shape index (κ2) is 11.6. The van der Waals surface area contributed by atoms with Crippen LogP contribution in [0.25, 0.3) is 0 Å². The SMILES string of the molecule is Cc1ccc(OCCCC(=O)N(Cc2cccc(Cl)c2)[C@H](C)C(=O)NC(C)C)cc1. The van der Waals surface area contributed by atoms with E-state index in [2.05, 4.69) is 5.32 Å². The summed E-state index contributed by atoms with van der Waals surface area (Å²) in [6.45, 7) is 8.33. The van der Waals surface area contributed by atoms with E-state index in [-0.39, 0.29) is 17.9 Å². The number of carbonyl (C=O) groups excluding carboxylic acids is 2. The summed E-state index contributed by atoms with van der Waals surface area (Å²) < 4.78 is 5.72. The van der Waals surface area contributed by atoms with Crippen molar-refractivity contribution in [2.75, 3.05) is 6.61 Å². The van der Waals surface area contributed by atoms with E-state index in [1.807, 2.05) is 63.2 Å². The molecule has 2 rings (SSSR count). The first-order chi connectivity index (χ1) is 14.3. The molecule has 0 unspecified atom stereocenters. The van der Waals surface area contributed by atoms with Crippen molar-refractivity contribution in [3.05, 3.63) is 64.7 Å². The Morgan fingerprint density at radius 2 is 1.80 bits per heavy atom. The molecule has 2 amide bonds. The number of aryl methyl sites for hydroxylation is 1. The number of amides is 2. The molecule has 0 spiro atoms. The van der Waals surface area contributed by atoms with Gasteiger partial charge in [-0.2, -0.15) is 0 Å². The fourth-order valence-corrected chi connectivity index (χ4v) is 3.22. The molecule has 162 valence electrons. The molecule has 5 nitrogen and oxygen atoms in total. The van der Waals surface area contributed by atoms with Crippen molar-refractivity contribution in [2.45, 2.75) is 59.2 Å². The Balaban J connectivity index is 1.99. The van der Waals surface area contributed by atoms with Gasteiger partial charge in [-0.25, -0.2) is 0 Å². The molecule has 0 saturated carbocycles. The van der Waals surface area contributed by atoms with Gasteiger partial charge in [-0.05, 0) is 63.9 Å². The highest BCUT2D eigenvalue weighted by atomic mass is 35.5. The normalized spacial score (nSPS) is 11.8. The first kappa shape index (κ1) is 23.7. The highest BCUT2D eigenvalue weighted by molar-refractivity contribution is 6.30. The number of hydrogen-bond acceptors (Lipinski definition) is 3. The predicted octanol–water partition coefficient (Wildman–Crippen LogP) is 4.75. The van der Waals surface area contributed by atoms with Crippen LogP contribution in [0.4, 0.5) is 0 Å². The Labute approximate surface area is 184 Å². The Morgan fingerprint density at radius 3 is 2.43 bits per heavy atom. The van der Waals surface area contributed by atoms with Crippen LogP contribution in [0.1, 0.15) is 44.7 Å². The molecule has 1 atom stereocenters. The number of halogens is 1. The Morgan fingerprint density at radius 1 is 1.10 bits per heavy atom. The molecular formula is C24H31ClN2O3. The number of ether oxygens (including phenoxy) is 1. The first-order valence-corrected chi connectivity index (χ1v) is 10.7. The van der Waals surface area contributed by atoms with Gasteiger partial charge in [0.1, 0.15) is 11.8 Å². The molecule has 0 aromatic heterocycles. The lowest BCUT2D eigenvalue weighted by Gasteiger charge is -2.29. The fourth-order valence-electron chi connectivity index (χ4n) is 3.01. The third-order valence-corrected chi connectivity index (χ3v) is 4.90. The van der Waals surface area contributed by atoms with Crippen molar-refractivity contribution in [3.63, 3.8) is 0 Å². The number of hydrogen-bond donors (Lipinski definition) is 1. The molecule has 30 heavy (non-hydrogen) atoms. The molecule has 2 aromatic carbocycles. The van der Waals surface area contributed by atoms with Crippen LogP contribution < -0.4 is 10.1 Å². The quantitative estimate of drug-likeness (QED) is 0.553. The molecule has 0 heterocycles. The van der Waals surface area contributed by atoms with Crippen LogP contribution in [0.15, 0.2) is 48.5 Å². The van der Waals surface area contributed by atoms with E-state index in [9.17, 15) is 9.59 Å². The second-order valence-electron chi connectivity index (χ2n) is 7.76. The minimum atomic E-state index is -0.586. The Kier molecular flexibility index (Phi) is 9.18. The first-order valence-electron chi connectivity index (χ1n) is 10.3. The molecule has 1 N–H and O–H groups in total. The third-order valence-electron chi connectivity index (χ3n) is 4.66. The van der Waals surface area contributed by atoms with E-state index in [0.29, 0.717) is 31.0 Å². The van der Waals surface area contributed by atoms with Crippen molar-refractivity contribution in [1.82, 2.24) is 10.2 Å². The van der Waals surface area contributed by atoms with E-state index in [1.165, 1.54) is 5.56 Å². The van der Waals surface area contributed by atoms with Gasteiger partial charge in [0.2, 0.25) is 11.8 Å². The van der Waals surface area contributed by atoms with Gasteiger partial charge >= 0.3 is 0 Å². The van der Waals surface area contributed by atoms with E-state index in [4.69, 9.17) is 16.3 Å². The number of carbonyl (C=O) groups is 2. The summed E-state index contributed by atoms with van der Waals surface area (Å²) in [5.74, 6) is 0.527. The molecule has 0 aliphatic carbocycles. The highest BCUT2D eigenvalue weighted by Crippen LogP contribution is 2.17. The van der Waals surface area contributed by atoms with Crippen molar-refractivity contribution in [2.24, 2.45) is 0 Å². The zero-order valence-corrected chi connectivity index (χ0v) is 18.9. The van der Waals surface area contributed by atoms with Gasteiger partial charge in [0.05, 0.1) is 6.61 Å². The highest BCUT2D eigenvalue weighted by Gasteiger charge is 2.26. The maximum atomic E-state index is 13.0. The van der Waals surface area contributed by atoms with Gasteiger partial charge in [-0.1, -0.05) is 41.4 Å². The zero-order valence-electron chi connectivity index (χ0n) is 18.2. The van der Waals surface area contributed by atoms with Crippen LogP contribution in [0.2, 0.25) is 5.02 Å². The molecule has 0 aliphatic heterocycles. The smallest absolute Gasteiger partial charge is 0.242 e. The number of nitrogens with one attached hydrogen (secondary N) is 1. The lowest BCUT2D eigenvalue weighted by Crippen LogP contribution is -2.49. The van der Waals surface area contributed by atoms with Crippen LogP contribution in [-0.2, 0) is 16.1 Å². The largest absolute Gasteiger partial charge is 0.494 e. The van der Waals surface area contributed by atoms with Crippen LogP contribution in [0, 0.1) is 6.92 Å². The van der Waals surface area contributed by atoms with Crippen molar-refractivity contribution < 1.29 is 14.3 Å². The lowest BCUT2D eigenvalue weighted by atomic mass is 10.1. The third kappa shape index (κ3) is 7.71. The maximum absolute atomic E-state index is 13.0. The average molecular weight is 431 g/mol. The second-order valence-corrected chi connectivity index (χ2v) is 8.19.